The molecule has 1 amide bonds. The Bertz CT molecular complexity index is 970. The van der Waals surface area contributed by atoms with Crippen molar-refractivity contribution in [3.05, 3.63) is 53.9 Å². The van der Waals surface area contributed by atoms with Crippen LogP contribution in [0.5, 0.6) is 17.2 Å². The molecule has 0 saturated heterocycles. The van der Waals surface area contributed by atoms with Gasteiger partial charge in [0.1, 0.15) is 6.33 Å². The summed E-state index contributed by atoms with van der Waals surface area (Å²) in [5.74, 6) is 1.06. The van der Waals surface area contributed by atoms with Crippen molar-refractivity contribution in [1.82, 2.24) is 25.6 Å². The van der Waals surface area contributed by atoms with E-state index < -0.39 is 0 Å². The van der Waals surface area contributed by atoms with Gasteiger partial charge in [-0.3, -0.25) is 4.79 Å². The number of methoxy groups -OCH3 is 3. The van der Waals surface area contributed by atoms with Crippen LogP contribution in [0.4, 0.5) is 0 Å². The van der Waals surface area contributed by atoms with E-state index in [1.807, 2.05) is 0 Å². The summed E-state index contributed by atoms with van der Waals surface area (Å²) < 4.78 is 17.4. The number of ether oxygens (including phenoxy) is 3. The second-order valence-corrected chi connectivity index (χ2v) is 5.42. The average Bonchev–Trinajstić information content (AvgIpc) is 3.28. The topological polar surface area (TPSA) is 113 Å². The van der Waals surface area contributed by atoms with E-state index in [1.165, 1.54) is 38.6 Å². The summed E-state index contributed by atoms with van der Waals surface area (Å²) in [5.41, 5.74) is 4.27. The molecule has 0 aliphatic carbocycles. The van der Waals surface area contributed by atoms with Gasteiger partial charge in [0.25, 0.3) is 5.91 Å². The summed E-state index contributed by atoms with van der Waals surface area (Å²) in [6, 6.07) is 10.2. The van der Waals surface area contributed by atoms with Gasteiger partial charge in [-0.15, -0.1) is 5.10 Å². The fourth-order valence-corrected chi connectivity index (χ4v) is 2.50. The van der Waals surface area contributed by atoms with E-state index >= 15 is 0 Å². The number of rotatable bonds is 7. The minimum atomic E-state index is -0.362. The third kappa shape index (κ3) is 3.90. The lowest BCUT2D eigenvalue weighted by atomic mass is 10.2. The van der Waals surface area contributed by atoms with Crippen LogP contribution in [0.15, 0.2) is 47.8 Å². The van der Waals surface area contributed by atoms with E-state index in [2.05, 4.69) is 26.1 Å². The normalized spacial score (nSPS) is 10.7. The van der Waals surface area contributed by atoms with Crippen molar-refractivity contribution in [2.24, 2.45) is 5.10 Å². The molecule has 1 aromatic heterocycles. The maximum absolute atomic E-state index is 12.3. The van der Waals surface area contributed by atoms with Crippen molar-refractivity contribution in [2.75, 3.05) is 21.3 Å². The van der Waals surface area contributed by atoms with E-state index in [0.717, 1.165) is 5.69 Å². The molecule has 2 aromatic carbocycles. The fourth-order valence-electron chi connectivity index (χ4n) is 2.50. The number of tetrazole rings is 1. The zero-order valence-electron chi connectivity index (χ0n) is 15.5. The lowest BCUT2D eigenvalue weighted by Gasteiger charge is -2.13. The highest BCUT2D eigenvalue weighted by Gasteiger charge is 2.14. The molecule has 28 heavy (non-hydrogen) atoms. The van der Waals surface area contributed by atoms with E-state index in [4.69, 9.17) is 14.2 Å². The molecule has 0 bridgehead atoms. The van der Waals surface area contributed by atoms with Crippen molar-refractivity contribution in [1.29, 1.82) is 0 Å². The van der Waals surface area contributed by atoms with E-state index in [0.29, 0.717) is 28.4 Å². The number of amides is 1. The predicted molar refractivity (Wildman–Crippen MR) is 100 cm³/mol. The molecule has 1 N–H and O–H groups in total. The molecule has 0 aliphatic rings. The van der Waals surface area contributed by atoms with Gasteiger partial charge in [0.05, 0.1) is 33.2 Å². The van der Waals surface area contributed by atoms with Crippen LogP contribution in [-0.4, -0.2) is 53.7 Å². The van der Waals surface area contributed by atoms with Gasteiger partial charge in [-0.05, 0) is 46.8 Å². The predicted octanol–water partition coefficient (Wildman–Crippen LogP) is 1.45. The monoisotopic (exact) mass is 382 g/mol. The first-order valence-electron chi connectivity index (χ1n) is 8.13. The molecule has 10 nitrogen and oxygen atoms in total. The zero-order chi connectivity index (χ0) is 19.9. The maximum atomic E-state index is 12.3. The third-order valence-corrected chi connectivity index (χ3v) is 3.85. The summed E-state index contributed by atoms with van der Waals surface area (Å²) >= 11 is 0. The molecule has 3 rings (SSSR count). The van der Waals surface area contributed by atoms with Crippen molar-refractivity contribution in [2.45, 2.75) is 0 Å². The summed E-state index contributed by atoms with van der Waals surface area (Å²) in [7, 11) is 4.57. The molecule has 0 aliphatic heterocycles. The lowest BCUT2D eigenvalue weighted by molar-refractivity contribution is 0.0955. The average molecular weight is 382 g/mol. The summed E-state index contributed by atoms with van der Waals surface area (Å²) in [6.45, 7) is 0. The van der Waals surface area contributed by atoms with Crippen LogP contribution in [0, 0.1) is 0 Å². The number of hydrogen-bond donors (Lipinski definition) is 1. The number of hydrogen-bond acceptors (Lipinski definition) is 8. The summed E-state index contributed by atoms with van der Waals surface area (Å²) in [6.07, 6.45) is 2.93. The Morgan fingerprint density at radius 3 is 2.39 bits per heavy atom. The Labute approximate surface area is 160 Å². The Balaban J connectivity index is 1.71. The Kier molecular flexibility index (Phi) is 5.80. The van der Waals surface area contributed by atoms with Crippen LogP contribution < -0.4 is 19.6 Å². The molecule has 0 spiro atoms. The number of carbonyl (C=O) groups is 1. The van der Waals surface area contributed by atoms with E-state index in [1.54, 1.807) is 36.4 Å². The van der Waals surface area contributed by atoms with Gasteiger partial charge in [-0.25, -0.2) is 10.1 Å². The number of hydrazone groups is 1. The van der Waals surface area contributed by atoms with Gasteiger partial charge >= 0.3 is 0 Å². The SMILES string of the molecule is COc1ccc(/C=N/NC(=O)c2ccc(-n3cnnn3)cc2)c(OC)c1OC. The highest BCUT2D eigenvalue weighted by molar-refractivity contribution is 5.95. The molecule has 0 fully saturated rings. The summed E-state index contributed by atoms with van der Waals surface area (Å²) in [4.78, 5) is 12.3. The van der Waals surface area contributed by atoms with Crippen LogP contribution in [-0.2, 0) is 0 Å². The van der Waals surface area contributed by atoms with Crippen LogP contribution >= 0.6 is 0 Å². The Morgan fingerprint density at radius 1 is 1.04 bits per heavy atom. The molecule has 3 aromatic rings. The van der Waals surface area contributed by atoms with Crippen molar-refractivity contribution < 1.29 is 19.0 Å². The first-order valence-corrected chi connectivity index (χ1v) is 8.13. The molecular formula is C18H18N6O4. The first-order chi connectivity index (χ1) is 13.7. The minimum Gasteiger partial charge on any atom is -0.493 e. The molecular weight excluding hydrogens is 364 g/mol. The zero-order valence-corrected chi connectivity index (χ0v) is 15.5. The maximum Gasteiger partial charge on any atom is 0.271 e. The van der Waals surface area contributed by atoms with E-state index in [9.17, 15) is 4.79 Å². The number of benzene rings is 2. The van der Waals surface area contributed by atoms with Crippen molar-refractivity contribution in [3.8, 4) is 22.9 Å². The Morgan fingerprint density at radius 2 is 1.79 bits per heavy atom. The number of nitrogens with zero attached hydrogens (tertiary/aromatic N) is 5. The van der Waals surface area contributed by atoms with Crippen LogP contribution in [0.1, 0.15) is 15.9 Å². The highest BCUT2D eigenvalue weighted by atomic mass is 16.5. The fraction of sp³-hybridized carbons (Fsp3) is 0.167. The van der Waals surface area contributed by atoms with Gasteiger partial charge < -0.3 is 14.2 Å². The minimum absolute atomic E-state index is 0.362. The standard InChI is InChI=1S/C18H18N6O4/c1-26-15-9-6-13(16(27-2)17(15)28-3)10-19-21-18(25)12-4-7-14(8-5-12)24-11-20-22-23-24/h4-11H,1-3H3,(H,21,25)/b19-10+. The molecule has 144 valence electrons. The quantitative estimate of drug-likeness (QED) is 0.486. The second kappa shape index (κ2) is 8.62. The van der Waals surface area contributed by atoms with Gasteiger partial charge in [0.15, 0.2) is 11.5 Å². The molecule has 0 unspecified atom stereocenters. The second-order valence-electron chi connectivity index (χ2n) is 5.42. The van der Waals surface area contributed by atoms with Gasteiger partial charge in [-0.2, -0.15) is 5.10 Å². The van der Waals surface area contributed by atoms with Crippen LogP contribution in [0.3, 0.4) is 0 Å². The molecule has 0 radical (unpaired) electrons. The van der Waals surface area contributed by atoms with Gasteiger partial charge in [0, 0.05) is 11.1 Å². The third-order valence-electron chi connectivity index (χ3n) is 3.85. The van der Waals surface area contributed by atoms with E-state index in [-0.39, 0.29) is 5.91 Å². The summed E-state index contributed by atoms with van der Waals surface area (Å²) in [5, 5.41) is 14.9. The van der Waals surface area contributed by atoms with Crippen molar-refractivity contribution >= 4 is 12.1 Å². The molecule has 0 saturated carbocycles. The lowest BCUT2D eigenvalue weighted by Crippen LogP contribution is -2.17. The number of carbonyl (C=O) groups excluding carboxylic acids is 1. The molecule has 1 heterocycles. The molecule has 10 heteroatoms. The van der Waals surface area contributed by atoms with Crippen molar-refractivity contribution in [3.63, 3.8) is 0 Å². The Hall–Kier alpha value is -3.95. The first kappa shape index (κ1) is 18.8. The number of aromatic nitrogens is 4. The number of nitrogens with one attached hydrogen (secondary N) is 1. The highest BCUT2D eigenvalue weighted by Crippen LogP contribution is 2.38. The smallest absolute Gasteiger partial charge is 0.271 e. The molecule has 0 atom stereocenters. The largest absolute Gasteiger partial charge is 0.493 e. The van der Waals surface area contributed by atoms with Crippen LogP contribution in [0.2, 0.25) is 0 Å². The van der Waals surface area contributed by atoms with Gasteiger partial charge in [0.2, 0.25) is 5.75 Å². The van der Waals surface area contributed by atoms with Crippen LogP contribution in [0.25, 0.3) is 5.69 Å². The van der Waals surface area contributed by atoms with Gasteiger partial charge in [-0.1, -0.05) is 0 Å².